The van der Waals surface area contributed by atoms with Gasteiger partial charge in [-0.15, -0.1) is 0 Å². The van der Waals surface area contributed by atoms with E-state index in [1.54, 1.807) is 13.8 Å². The number of likely N-dealkylation sites (N-methyl/N-ethyl adjacent to an activating group) is 1. The summed E-state index contributed by atoms with van der Waals surface area (Å²) in [6, 6.07) is -0.588. The van der Waals surface area contributed by atoms with Crippen LogP contribution in [-0.4, -0.2) is 66.4 Å². The molecule has 0 radical (unpaired) electrons. The number of urea groups is 1. The highest BCUT2D eigenvalue weighted by Gasteiger charge is 2.42. The highest BCUT2D eigenvalue weighted by molar-refractivity contribution is 5.88. The summed E-state index contributed by atoms with van der Waals surface area (Å²) in [6.45, 7) is 4.23. The second-order valence-electron chi connectivity index (χ2n) is 4.75. The van der Waals surface area contributed by atoms with E-state index in [0.29, 0.717) is 0 Å². The molecule has 0 aliphatic carbocycles. The van der Waals surface area contributed by atoms with Crippen LogP contribution in [0.3, 0.4) is 0 Å². The second-order valence-corrected chi connectivity index (χ2v) is 4.75. The van der Waals surface area contributed by atoms with Crippen LogP contribution in [-0.2, 0) is 19.1 Å². The van der Waals surface area contributed by atoms with Gasteiger partial charge in [-0.3, -0.25) is 4.79 Å². The van der Waals surface area contributed by atoms with E-state index in [1.165, 1.54) is 4.90 Å². The van der Waals surface area contributed by atoms with Crippen LogP contribution >= 0.6 is 0 Å². The van der Waals surface area contributed by atoms with Crippen LogP contribution < -0.4 is 5.32 Å². The van der Waals surface area contributed by atoms with Crippen molar-refractivity contribution in [3.63, 3.8) is 0 Å². The van der Waals surface area contributed by atoms with E-state index < -0.39 is 23.5 Å². The molecule has 0 unspecified atom stereocenters. The first kappa shape index (κ1) is 17.2. The predicted molar refractivity (Wildman–Crippen MR) is 72.8 cm³/mol. The van der Waals surface area contributed by atoms with Crippen molar-refractivity contribution in [3.05, 3.63) is 0 Å². The minimum atomic E-state index is -1.34. The van der Waals surface area contributed by atoms with E-state index in [0.717, 1.165) is 0 Å². The van der Waals surface area contributed by atoms with E-state index in [4.69, 9.17) is 9.47 Å². The molecular weight excluding hydrogens is 280 g/mol. The second kappa shape index (κ2) is 7.82. The molecule has 1 heterocycles. The normalized spacial score (nSPS) is 16.9. The number of carbonyl (C=O) groups excluding carboxylic acids is 2. The number of carboxylic acids is 1. The van der Waals surface area contributed by atoms with Gasteiger partial charge >= 0.3 is 18.0 Å². The Bertz CT molecular complexity index is 392. The molecule has 0 bridgehead atoms. The van der Waals surface area contributed by atoms with Crippen molar-refractivity contribution in [2.24, 2.45) is 0 Å². The van der Waals surface area contributed by atoms with Crippen molar-refractivity contribution in [3.8, 4) is 0 Å². The fourth-order valence-electron chi connectivity index (χ4n) is 2.09. The lowest BCUT2D eigenvalue weighted by atomic mass is 9.90. The molecular formula is C13H22N2O6. The minimum absolute atomic E-state index is 0.199. The average Bonchev–Trinajstić information content (AvgIpc) is 2.45. The van der Waals surface area contributed by atoms with Gasteiger partial charge in [0.2, 0.25) is 0 Å². The molecule has 1 aliphatic rings. The third-order valence-corrected chi connectivity index (χ3v) is 3.40. The molecule has 0 saturated carbocycles. The van der Waals surface area contributed by atoms with E-state index in [1.807, 2.05) is 0 Å². The number of carboxylic acid groups (broad SMARTS) is 1. The molecule has 1 saturated heterocycles. The first-order chi connectivity index (χ1) is 9.95. The number of hydrogen-bond donors (Lipinski definition) is 2. The van der Waals surface area contributed by atoms with Crippen molar-refractivity contribution in [2.75, 3.05) is 32.9 Å². The van der Waals surface area contributed by atoms with Crippen LogP contribution in [0.5, 0.6) is 0 Å². The van der Waals surface area contributed by atoms with Gasteiger partial charge in [-0.05, 0) is 13.8 Å². The molecule has 2 amide bonds. The summed E-state index contributed by atoms with van der Waals surface area (Å²) in [4.78, 5) is 36.3. The Morgan fingerprint density at radius 3 is 2.38 bits per heavy atom. The standard InChI is InChI=1S/C13H22N2O6/c1-3-15(9-10(16)21-4-2)12(19)14-13(11(17)18)5-7-20-8-6-13/h3-9H2,1-2H3,(H,14,19)(H,17,18). The third-order valence-electron chi connectivity index (χ3n) is 3.40. The predicted octanol–water partition coefficient (Wildman–Crippen LogP) is 0.215. The Kier molecular flexibility index (Phi) is 6.41. The Balaban J connectivity index is 2.70. The molecule has 1 rings (SSSR count). The molecule has 120 valence electrons. The van der Waals surface area contributed by atoms with Crippen LogP contribution in [0.25, 0.3) is 0 Å². The number of ether oxygens (including phenoxy) is 2. The van der Waals surface area contributed by atoms with E-state index >= 15 is 0 Å². The average molecular weight is 302 g/mol. The van der Waals surface area contributed by atoms with E-state index in [2.05, 4.69) is 5.32 Å². The van der Waals surface area contributed by atoms with Crippen molar-refractivity contribution in [2.45, 2.75) is 32.2 Å². The Morgan fingerprint density at radius 2 is 1.90 bits per heavy atom. The lowest BCUT2D eigenvalue weighted by molar-refractivity contribution is -0.148. The van der Waals surface area contributed by atoms with Crippen molar-refractivity contribution in [1.29, 1.82) is 0 Å². The smallest absolute Gasteiger partial charge is 0.329 e. The van der Waals surface area contributed by atoms with Crippen LogP contribution in [0.2, 0.25) is 0 Å². The van der Waals surface area contributed by atoms with E-state index in [9.17, 15) is 19.5 Å². The van der Waals surface area contributed by atoms with Gasteiger partial charge in [-0.1, -0.05) is 0 Å². The highest BCUT2D eigenvalue weighted by atomic mass is 16.5. The molecule has 0 atom stereocenters. The summed E-state index contributed by atoms with van der Waals surface area (Å²) in [7, 11) is 0. The van der Waals surface area contributed by atoms with Gasteiger partial charge in [0.25, 0.3) is 0 Å². The van der Waals surface area contributed by atoms with Crippen molar-refractivity contribution < 1.29 is 29.0 Å². The molecule has 0 aromatic heterocycles. The van der Waals surface area contributed by atoms with Gasteiger partial charge in [-0.25, -0.2) is 9.59 Å². The minimum Gasteiger partial charge on any atom is -0.480 e. The summed E-state index contributed by atoms with van der Waals surface area (Å²) < 4.78 is 9.93. The molecule has 8 heteroatoms. The van der Waals surface area contributed by atoms with Crippen LogP contribution in [0, 0.1) is 0 Å². The molecule has 8 nitrogen and oxygen atoms in total. The number of rotatable bonds is 6. The fourth-order valence-corrected chi connectivity index (χ4v) is 2.09. The highest BCUT2D eigenvalue weighted by Crippen LogP contribution is 2.21. The monoisotopic (exact) mass is 302 g/mol. The maximum absolute atomic E-state index is 12.2. The third kappa shape index (κ3) is 4.59. The Labute approximate surface area is 123 Å². The zero-order valence-electron chi connectivity index (χ0n) is 12.4. The number of amides is 2. The number of aliphatic carboxylic acids is 1. The lowest BCUT2D eigenvalue weighted by Gasteiger charge is -2.35. The van der Waals surface area contributed by atoms with Gasteiger partial charge in [0.15, 0.2) is 0 Å². The fraction of sp³-hybridized carbons (Fsp3) is 0.769. The molecule has 0 spiro atoms. The van der Waals surface area contributed by atoms with Gasteiger partial charge < -0.3 is 24.8 Å². The number of carbonyl (C=O) groups is 3. The first-order valence-corrected chi connectivity index (χ1v) is 6.99. The van der Waals surface area contributed by atoms with Crippen LogP contribution in [0.15, 0.2) is 0 Å². The molecule has 0 aromatic rings. The molecule has 1 fully saturated rings. The van der Waals surface area contributed by atoms with Gasteiger partial charge in [0, 0.05) is 32.6 Å². The Morgan fingerprint density at radius 1 is 1.29 bits per heavy atom. The summed E-state index contributed by atoms with van der Waals surface area (Å²) in [5.74, 6) is -1.61. The molecule has 2 N–H and O–H groups in total. The number of nitrogens with zero attached hydrogens (tertiary/aromatic N) is 1. The largest absolute Gasteiger partial charge is 0.480 e. The summed E-state index contributed by atoms with van der Waals surface area (Å²) in [5.41, 5.74) is -1.34. The van der Waals surface area contributed by atoms with Crippen molar-refractivity contribution >= 4 is 18.0 Å². The summed E-state index contributed by atoms with van der Waals surface area (Å²) >= 11 is 0. The zero-order chi connectivity index (χ0) is 15.9. The first-order valence-electron chi connectivity index (χ1n) is 6.99. The molecule has 21 heavy (non-hydrogen) atoms. The maximum atomic E-state index is 12.2. The molecule has 1 aliphatic heterocycles. The molecule has 0 aromatic carbocycles. The quantitative estimate of drug-likeness (QED) is 0.680. The van der Waals surface area contributed by atoms with Crippen LogP contribution in [0.4, 0.5) is 4.79 Å². The summed E-state index contributed by atoms with van der Waals surface area (Å²) in [6.07, 6.45) is 0.399. The topological polar surface area (TPSA) is 105 Å². The SMILES string of the molecule is CCOC(=O)CN(CC)C(=O)NC1(C(=O)O)CCOCC1. The lowest BCUT2D eigenvalue weighted by Crippen LogP contribution is -2.60. The summed E-state index contributed by atoms with van der Waals surface area (Å²) in [5, 5.41) is 11.9. The van der Waals surface area contributed by atoms with E-state index in [-0.39, 0.29) is 45.8 Å². The number of nitrogens with one attached hydrogen (secondary N) is 1. The number of hydrogen-bond acceptors (Lipinski definition) is 5. The Hall–Kier alpha value is -1.83. The van der Waals surface area contributed by atoms with Gasteiger partial charge in [-0.2, -0.15) is 0 Å². The van der Waals surface area contributed by atoms with Crippen LogP contribution in [0.1, 0.15) is 26.7 Å². The zero-order valence-corrected chi connectivity index (χ0v) is 12.4. The van der Waals surface area contributed by atoms with Crippen molar-refractivity contribution in [1.82, 2.24) is 10.2 Å². The van der Waals surface area contributed by atoms with Gasteiger partial charge in [0.05, 0.1) is 6.61 Å². The maximum Gasteiger partial charge on any atom is 0.329 e. The number of esters is 1. The van der Waals surface area contributed by atoms with Gasteiger partial charge in [0.1, 0.15) is 12.1 Å².